The third-order valence-corrected chi connectivity index (χ3v) is 4.30. The van der Waals surface area contributed by atoms with E-state index >= 15 is 0 Å². The zero-order chi connectivity index (χ0) is 19.9. The summed E-state index contributed by atoms with van der Waals surface area (Å²) in [7, 11) is 3.48. The van der Waals surface area contributed by atoms with E-state index in [-0.39, 0.29) is 12.5 Å². The molecule has 1 aliphatic heterocycles. The monoisotopic (exact) mass is 385 g/mol. The molecule has 27 heavy (non-hydrogen) atoms. The highest BCUT2D eigenvalue weighted by Gasteiger charge is 2.09. The van der Waals surface area contributed by atoms with Gasteiger partial charge >= 0.3 is 0 Å². The Hall–Kier alpha value is -1.38. The van der Waals surface area contributed by atoms with Crippen molar-refractivity contribution in [2.45, 2.75) is 26.7 Å². The number of hydrogen-bond donors (Lipinski definition) is 2. The van der Waals surface area contributed by atoms with E-state index in [4.69, 9.17) is 9.47 Å². The molecule has 0 spiro atoms. The molecular formula is C19H39N5O3. The van der Waals surface area contributed by atoms with Crippen LogP contribution in [0.25, 0.3) is 0 Å². The van der Waals surface area contributed by atoms with E-state index < -0.39 is 0 Å². The Morgan fingerprint density at radius 1 is 1.19 bits per heavy atom. The summed E-state index contributed by atoms with van der Waals surface area (Å²) in [6.45, 7) is 12.1. The predicted octanol–water partition coefficient (Wildman–Crippen LogP) is 0.395. The van der Waals surface area contributed by atoms with Crippen LogP contribution in [0.1, 0.15) is 26.7 Å². The van der Waals surface area contributed by atoms with Gasteiger partial charge in [0.05, 0.1) is 19.8 Å². The molecule has 0 aliphatic carbocycles. The largest absolute Gasteiger partial charge is 0.380 e. The van der Waals surface area contributed by atoms with E-state index in [1.165, 1.54) is 0 Å². The Balaban J connectivity index is 2.28. The average molecular weight is 386 g/mol. The van der Waals surface area contributed by atoms with Crippen LogP contribution in [-0.4, -0.2) is 101 Å². The number of likely N-dealkylation sites (N-methyl/N-ethyl adjacent to an activating group) is 1. The lowest BCUT2D eigenvalue weighted by Crippen LogP contribution is -2.42. The molecule has 0 atom stereocenters. The number of nitrogens with one attached hydrogen (secondary N) is 2. The van der Waals surface area contributed by atoms with Crippen LogP contribution < -0.4 is 10.6 Å². The fourth-order valence-corrected chi connectivity index (χ4v) is 2.46. The molecule has 0 aromatic heterocycles. The minimum absolute atomic E-state index is 0.0161. The molecule has 0 aromatic carbocycles. The maximum atomic E-state index is 11.8. The van der Waals surface area contributed by atoms with Crippen LogP contribution in [-0.2, 0) is 14.3 Å². The zero-order valence-electron chi connectivity index (χ0n) is 17.6. The number of nitrogens with zero attached hydrogens (tertiary/aromatic N) is 3. The number of carbonyl (C=O) groups excluding carboxylic acids is 1. The standard InChI is InChI=1S/C19H39N5O3/c1-17(2)6-12-26-13-8-21-19(22-16-18(25)23(3)4)20-7-5-9-24-10-14-27-15-11-24/h17H,5-16H2,1-4H3,(H2,20,21,22). The highest BCUT2D eigenvalue weighted by Crippen LogP contribution is 1.98. The van der Waals surface area contributed by atoms with E-state index in [2.05, 4.69) is 34.4 Å². The van der Waals surface area contributed by atoms with Crippen molar-refractivity contribution in [3.8, 4) is 0 Å². The first kappa shape index (κ1) is 23.7. The molecule has 8 nitrogen and oxygen atoms in total. The highest BCUT2D eigenvalue weighted by molar-refractivity contribution is 5.84. The average Bonchev–Trinajstić information content (AvgIpc) is 2.65. The second kappa shape index (κ2) is 14.6. The molecule has 8 heteroatoms. The quantitative estimate of drug-likeness (QED) is 0.288. The minimum atomic E-state index is -0.0161. The number of rotatable bonds is 12. The number of carbonyl (C=O) groups is 1. The number of aliphatic imine (C=N–C) groups is 1. The van der Waals surface area contributed by atoms with Crippen molar-refractivity contribution in [1.82, 2.24) is 20.4 Å². The normalized spacial score (nSPS) is 15.8. The molecule has 0 bridgehead atoms. The first-order valence-corrected chi connectivity index (χ1v) is 10.1. The van der Waals surface area contributed by atoms with Gasteiger partial charge in [-0.05, 0) is 25.3 Å². The molecule has 0 saturated carbocycles. The van der Waals surface area contributed by atoms with Gasteiger partial charge in [0.2, 0.25) is 5.91 Å². The number of morpholine rings is 1. The lowest BCUT2D eigenvalue weighted by Gasteiger charge is -2.26. The van der Waals surface area contributed by atoms with Crippen LogP contribution >= 0.6 is 0 Å². The Morgan fingerprint density at radius 2 is 1.89 bits per heavy atom. The molecule has 1 aliphatic rings. The van der Waals surface area contributed by atoms with Crippen molar-refractivity contribution in [2.24, 2.45) is 10.9 Å². The molecule has 0 aromatic rings. The molecule has 1 rings (SSSR count). The van der Waals surface area contributed by atoms with Crippen molar-refractivity contribution in [1.29, 1.82) is 0 Å². The summed E-state index contributed by atoms with van der Waals surface area (Å²) in [4.78, 5) is 20.1. The minimum Gasteiger partial charge on any atom is -0.380 e. The van der Waals surface area contributed by atoms with Crippen LogP contribution in [0.4, 0.5) is 0 Å². The summed E-state index contributed by atoms with van der Waals surface area (Å²) in [6.07, 6.45) is 2.09. The summed E-state index contributed by atoms with van der Waals surface area (Å²) >= 11 is 0. The van der Waals surface area contributed by atoms with Gasteiger partial charge in [-0.3, -0.25) is 9.69 Å². The second-order valence-corrected chi connectivity index (χ2v) is 7.41. The summed E-state index contributed by atoms with van der Waals surface area (Å²) in [6, 6.07) is 0. The van der Waals surface area contributed by atoms with E-state index in [1.54, 1.807) is 19.0 Å². The third kappa shape index (κ3) is 12.6. The summed E-state index contributed by atoms with van der Waals surface area (Å²) < 4.78 is 11.0. The maximum Gasteiger partial charge on any atom is 0.243 e. The third-order valence-electron chi connectivity index (χ3n) is 4.30. The van der Waals surface area contributed by atoms with Crippen molar-refractivity contribution >= 4 is 11.9 Å². The molecule has 0 radical (unpaired) electrons. The second-order valence-electron chi connectivity index (χ2n) is 7.41. The van der Waals surface area contributed by atoms with Crippen molar-refractivity contribution in [3.63, 3.8) is 0 Å². The van der Waals surface area contributed by atoms with Gasteiger partial charge in [0.15, 0.2) is 5.96 Å². The van der Waals surface area contributed by atoms with Crippen molar-refractivity contribution in [3.05, 3.63) is 0 Å². The number of hydrogen-bond acceptors (Lipinski definition) is 5. The highest BCUT2D eigenvalue weighted by atomic mass is 16.5. The number of amides is 1. The van der Waals surface area contributed by atoms with Gasteiger partial charge in [0.1, 0.15) is 6.54 Å². The Labute approximate surface area is 164 Å². The molecular weight excluding hydrogens is 346 g/mol. The Bertz CT molecular complexity index is 424. The molecule has 1 amide bonds. The van der Waals surface area contributed by atoms with Crippen LogP contribution in [0, 0.1) is 5.92 Å². The van der Waals surface area contributed by atoms with Gasteiger partial charge in [-0.25, -0.2) is 4.99 Å². The summed E-state index contributed by atoms with van der Waals surface area (Å²) in [5.41, 5.74) is 0. The topological polar surface area (TPSA) is 78.4 Å². The van der Waals surface area contributed by atoms with Gasteiger partial charge in [0.25, 0.3) is 0 Å². The van der Waals surface area contributed by atoms with E-state index in [0.717, 1.165) is 58.8 Å². The van der Waals surface area contributed by atoms with Gasteiger partial charge in [-0.2, -0.15) is 0 Å². The first-order chi connectivity index (χ1) is 13.0. The smallest absolute Gasteiger partial charge is 0.243 e. The zero-order valence-corrected chi connectivity index (χ0v) is 17.6. The molecule has 0 unspecified atom stereocenters. The van der Waals surface area contributed by atoms with Crippen molar-refractivity contribution in [2.75, 3.05) is 79.8 Å². The first-order valence-electron chi connectivity index (χ1n) is 10.1. The maximum absolute atomic E-state index is 11.8. The summed E-state index contributed by atoms with van der Waals surface area (Å²) in [5, 5.41) is 6.57. The van der Waals surface area contributed by atoms with Crippen molar-refractivity contribution < 1.29 is 14.3 Å². The van der Waals surface area contributed by atoms with Crippen LogP contribution in [0.3, 0.4) is 0 Å². The van der Waals surface area contributed by atoms with Gasteiger partial charge < -0.3 is 25.0 Å². The van der Waals surface area contributed by atoms with Gasteiger partial charge in [-0.1, -0.05) is 13.8 Å². The predicted molar refractivity (Wildman–Crippen MR) is 109 cm³/mol. The van der Waals surface area contributed by atoms with Crippen LogP contribution in [0.15, 0.2) is 4.99 Å². The number of ether oxygens (including phenoxy) is 2. The van der Waals surface area contributed by atoms with Crippen LogP contribution in [0.5, 0.6) is 0 Å². The van der Waals surface area contributed by atoms with E-state index in [0.29, 0.717) is 25.0 Å². The Kier molecular flexibility index (Phi) is 12.8. The Morgan fingerprint density at radius 3 is 2.56 bits per heavy atom. The van der Waals surface area contributed by atoms with Gasteiger partial charge in [0, 0.05) is 46.9 Å². The molecule has 1 heterocycles. The molecule has 2 N–H and O–H groups in total. The van der Waals surface area contributed by atoms with E-state index in [9.17, 15) is 4.79 Å². The lowest BCUT2D eigenvalue weighted by molar-refractivity contribution is -0.127. The molecule has 158 valence electrons. The summed E-state index contributed by atoms with van der Waals surface area (Å²) in [5.74, 6) is 1.30. The van der Waals surface area contributed by atoms with Gasteiger partial charge in [-0.15, -0.1) is 0 Å². The fourth-order valence-electron chi connectivity index (χ4n) is 2.46. The molecule has 1 fully saturated rings. The lowest BCUT2D eigenvalue weighted by atomic mass is 10.1. The fraction of sp³-hybridized carbons (Fsp3) is 0.895. The molecule has 1 saturated heterocycles. The van der Waals surface area contributed by atoms with Crippen LogP contribution in [0.2, 0.25) is 0 Å². The van der Waals surface area contributed by atoms with E-state index in [1.807, 2.05) is 0 Å². The number of guanidine groups is 1. The SMILES string of the molecule is CC(C)CCOCCNC(=NCC(=O)N(C)C)NCCCN1CCOCC1.